The second kappa shape index (κ2) is 11.5. The Hall–Kier alpha value is -3.15. The van der Waals surface area contributed by atoms with E-state index in [1.165, 1.54) is 37.7 Å². The fourth-order valence-electron chi connectivity index (χ4n) is 5.68. The molecular weight excluding hydrogens is 486 g/mol. The van der Waals surface area contributed by atoms with Gasteiger partial charge in [0.05, 0.1) is 0 Å². The Kier molecular flexibility index (Phi) is 7.92. The van der Waals surface area contributed by atoms with Crippen LogP contribution in [0.4, 0.5) is 4.79 Å². The van der Waals surface area contributed by atoms with E-state index in [1.807, 2.05) is 60.7 Å². The second-order valence-corrected chi connectivity index (χ2v) is 10.3. The number of nitrogens with one attached hydrogen (secondary N) is 1. The normalized spacial score (nSPS) is 19.6. The van der Waals surface area contributed by atoms with Crippen molar-refractivity contribution in [1.82, 2.24) is 5.32 Å². The van der Waals surface area contributed by atoms with Crippen molar-refractivity contribution in [3.05, 3.63) is 106 Å². The Morgan fingerprint density at radius 1 is 0.784 bits per heavy atom. The third-order valence-corrected chi connectivity index (χ3v) is 7.92. The molecule has 1 N–H and O–H groups in total. The topological polar surface area (TPSA) is 64.6 Å². The van der Waals surface area contributed by atoms with E-state index in [0.29, 0.717) is 28.5 Å². The monoisotopic (exact) mass is 517 g/mol. The second-order valence-electron chi connectivity index (χ2n) is 9.91. The largest absolute Gasteiger partial charge is 0.517 e. The number of carbonyl (C=O) groups is 2. The van der Waals surface area contributed by atoms with Crippen molar-refractivity contribution in [3.8, 4) is 0 Å². The molecule has 5 rings (SSSR count). The van der Waals surface area contributed by atoms with Crippen LogP contribution in [-0.2, 0) is 19.9 Å². The molecule has 1 saturated carbocycles. The first-order valence-electron chi connectivity index (χ1n) is 13.2. The molecular formula is C31H32ClNO4. The number of hydrogen-bond donors (Lipinski definition) is 1. The number of rotatable bonds is 6. The van der Waals surface area contributed by atoms with Gasteiger partial charge in [-0.05, 0) is 49.8 Å². The summed E-state index contributed by atoms with van der Waals surface area (Å²) in [4.78, 5) is 25.9. The van der Waals surface area contributed by atoms with Gasteiger partial charge in [0.2, 0.25) is 0 Å². The molecule has 1 unspecified atom stereocenters. The summed E-state index contributed by atoms with van der Waals surface area (Å²) in [5.41, 5.74) is 1.91. The minimum absolute atomic E-state index is 0.444. The lowest BCUT2D eigenvalue weighted by atomic mass is 9.78. The van der Waals surface area contributed by atoms with Gasteiger partial charge in [0.25, 0.3) is 0 Å². The average molecular weight is 518 g/mol. The zero-order valence-electron chi connectivity index (χ0n) is 20.8. The Morgan fingerprint density at radius 3 is 2.14 bits per heavy atom. The minimum Gasteiger partial charge on any atom is -0.412 e. The zero-order valence-corrected chi connectivity index (χ0v) is 21.6. The van der Waals surface area contributed by atoms with Crippen LogP contribution in [0.15, 0.2) is 78.9 Å². The lowest BCUT2D eigenvalue weighted by Crippen LogP contribution is -2.39. The van der Waals surface area contributed by atoms with Gasteiger partial charge >= 0.3 is 12.1 Å². The Morgan fingerprint density at radius 2 is 1.46 bits per heavy atom. The van der Waals surface area contributed by atoms with Gasteiger partial charge in [0.15, 0.2) is 5.60 Å². The van der Waals surface area contributed by atoms with Crippen LogP contribution in [0.2, 0.25) is 5.02 Å². The molecule has 1 saturated heterocycles. The number of esters is 1. The molecule has 0 aromatic heterocycles. The smallest absolute Gasteiger partial charge is 0.412 e. The third-order valence-electron chi connectivity index (χ3n) is 7.59. The molecule has 2 aliphatic rings. The minimum atomic E-state index is -1.41. The van der Waals surface area contributed by atoms with E-state index in [4.69, 9.17) is 21.1 Å². The van der Waals surface area contributed by atoms with Crippen molar-refractivity contribution in [2.45, 2.75) is 62.5 Å². The van der Waals surface area contributed by atoms with Crippen molar-refractivity contribution in [1.29, 1.82) is 0 Å². The third kappa shape index (κ3) is 5.43. The van der Waals surface area contributed by atoms with Gasteiger partial charge in [-0.3, -0.25) is 0 Å². The summed E-state index contributed by atoms with van der Waals surface area (Å²) < 4.78 is 11.4. The molecule has 1 aliphatic heterocycles. The summed E-state index contributed by atoms with van der Waals surface area (Å²) in [5.74, 6) is -0.0899. The summed E-state index contributed by atoms with van der Waals surface area (Å²) in [7, 11) is 0. The molecule has 0 amide bonds. The van der Waals surface area contributed by atoms with Gasteiger partial charge in [0.1, 0.15) is 6.04 Å². The molecule has 2 fully saturated rings. The van der Waals surface area contributed by atoms with Gasteiger partial charge in [-0.25, -0.2) is 9.59 Å². The van der Waals surface area contributed by atoms with E-state index in [1.54, 1.807) is 6.07 Å². The summed E-state index contributed by atoms with van der Waals surface area (Å²) in [6.07, 6.45) is 6.60. The maximum Gasteiger partial charge on any atom is 0.517 e. The van der Waals surface area contributed by atoms with Crippen LogP contribution in [0.3, 0.4) is 0 Å². The van der Waals surface area contributed by atoms with Gasteiger partial charge in [-0.15, -0.1) is 0 Å². The van der Waals surface area contributed by atoms with Gasteiger partial charge < -0.3 is 14.8 Å². The van der Waals surface area contributed by atoms with Crippen LogP contribution in [0.1, 0.15) is 73.1 Å². The van der Waals surface area contributed by atoms with Crippen LogP contribution in [0, 0.1) is 0 Å². The van der Waals surface area contributed by atoms with E-state index in [9.17, 15) is 9.59 Å². The molecule has 1 heterocycles. The molecule has 0 bridgehead atoms. The molecule has 37 heavy (non-hydrogen) atoms. The van der Waals surface area contributed by atoms with Gasteiger partial charge in [0, 0.05) is 21.7 Å². The molecule has 2 atom stereocenters. The fraction of sp³-hybridized carbons (Fsp3) is 0.355. The lowest BCUT2D eigenvalue weighted by molar-refractivity contribution is -0.143. The van der Waals surface area contributed by atoms with E-state index >= 15 is 0 Å². The quantitative estimate of drug-likeness (QED) is 0.214. The number of carbonyl (C=O) groups excluding carboxylic acids is 2. The van der Waals surface area contributed by atoms with Crippen molar-refractivity contribution < 1.29 is 19.1 Å². The van der Waals surface area contributed by atoms with Crippen molar-refractivity contribution >= 4 is 23.7 Å². The van der Waals surface area contributed by atoms with Gasteiger partial charge in [-0.1, -0.05) is 104 Å². The SMILES string of the molecule is O=C(OC(=O)[C@@H]1CCCN1)OC(c1ccccc1)(c1ccc(C2CCCCC2)cc1)c1ccccc1Cl. The van der Waals surface area contributed by atoms with Crippen LogP contribution >= 0.6 is 11.6 Å². The molecule has 0 radical (unpaired) electrons. The Labute approximate surface area is 223 Å². The lowest BCUT2D eigenvalue weighted by Gasteiger charge is -2.35. The first-order valence-corrected chi connectivity index (χ1v) is 13.5. The molecule has 3 aromatic carbocycles. The highest BCUT2D eigenvalue weighted by Gasteiger charge is 2.43. The van der Waals surface area contributed by atoms with Gasteiger partial charge in [-0.2, -0.15) is 0 Å². The van der Waals surface area contributed by atoms with E-state index in [-0.39, 0.29) is 0 Å². The summed E-state index contributed by atoms with van der Waals surface area (Å²) in [6, 6.07) is 24.5. The predicted octanol–water partition coefficient (Wildman–Crippen LogP) is 7.11. The first-order chi connectivity index (χ1) is 18.1. The predicted molar refractivity (Wildman–Crippen MR) is 144 cm³/mol. The molecule has 3 aromatic rings. The van der Waals surface area contributed by atoms with Crippen LogP contribution < -0.4 is 5.32 Å². The van der Waals surface area contributed by atoms with Crippen LogP contribution in [0.25, 0.3) is 0 Å². The maximum absolute atomic E-state index is 13.2. The number of hydrogen-bond acceptors (Lipinski definition) is 5. The maximum atomic E-state index is 13.2. The average Bonchev–Trinajstić information content (AvgIpc) is 3.49. The molecule has 0 spiro atoms. The summed E-state index contributed by atoms with van der Waals surface area (Å²) in [5, 5.41) is 3.51. The highest BCUT2D eigenvalue weighted by atomic mass is 35.5. The number of halogens is 1. The first kappa shape index (κ1) is 25.5. The van der Waals surface area contributed by atoms with Crippen molar-refractivity contribution in [2.75, 3.05) is 6.54 Å². The van der Waals surface area contributed by atoms with Crippen LogP contribution in [0.5, 0.6) is 0 Å². The zero-order chi connectivity index (χ0) is 25.7. The summed E-state index contributed by atoms with van der Waals surface area (Å²) >= 11 is 6.75. The molecule has 1 aliphatic carbocycles. The standard InChI is InChI=1S/C31H32ClNO4/c32-27-15-8-7-14-26(27)31(24-12-5-2-6-13-24,37-30(35)36-29(34)28-16-9-21-33-28)25-19-17-23(18-20-25)22-10-3-1-4-11-22/h2,5-8,12-15,17-20,22,28,33H,1,3-4,9-11,16,21H2/t28-,31?/m0/s1. The number of ether oxygens (including phenoxy) is 2. The van der Waals surface area contributed by atoms with E-state index < -0.39 is 23.8 Å². The number of benzene rings is 3. The molecule has 5 nitrogen and oxygen atoms in total. The van der Waals surface area contributed by atoms with E-state index in [2.05, 4.69) is 17.4 Å². The Balaban J connectivity index is 1.57. The molecule has 6 heteroatoms. The highest BCUT2D eigenvalue weighted by Crippen LogP contribution is 2.44. The summed E-state index contributed by atoms with van der Waals surface area (Å²) in [6.45, 7) is 0.718. The van der Waals surface area contributed by atoms with Crippen LogP contribution in [-0.4, -0.2) is 24.7 Å². The fourth-order valence-corrected chi connectivity index (χ4v) is 5.95. The van der Waals surface area contributed by atoms with Crippen molar-refractivity contribution in [2.24, 2.45) is 0 Å². The van der Waals surface area contributed by atoms with E-state index in [0.717, 1.165) is 18.5 Å². The molecule has 192 valence electrons. The van der Waals surface area contributed by atoms with Crippen molar-refractivity contribution in [3.63, 3.8) is 0 Å². The Bertz CT molecular complexity index is 1220. The highest BCUT2D eigenvalue weighted by molar-refractivity contribution is 6.31.